The highest BCUT2D eigenvalue weighted by Gasteiger charge is 2.12. The van der Waals surface area contributed by atoms with Gasteiger partial charge in [0.15, 0.2) is 0 Å². The van der Waals surface area contributed by atoms with Crippen LogP contribution in [0.1, 0.15) is 17.2 Å². The molecule has 0 aliphatic carbocycles. The molecule has 0 radical (unpaired) electrons. The molecule has 2 N–H and O–H groups in total. The molecule has 1 atom stereocenters. The maximum atomic E-state index is 13.1. The Kier molecular flexibility index (Phi) is 4.40. The topological polar surface area (TPSA) is 32.3 Å². The zero-order chi connectivity index (χ0) is 13.8. The van der Waals surface area contributed by atoms with Gasteiger partial charge in [-0.05, 0) is 42.3 Å². The van der Waals surface area contributed by atoms with Crippen molar-refractivity contribution in [2.45, 2.75) is 13.0 Å². The van der Waals surface area contributed by atoms with Gasteiger partial charge in [0.25, 0.3) is 0 Å². The number of halogens is 2. The summed E-state index contributed by atoms with van der Waals surface area (Å²) in [5.41, 5.74) is 2.77. The second-order valence-electron chi connectivity index (χ2n) is 4.42. The molecular weight excluding hydrogens is 265 g/mol. The number of hydrogen-bond donors (Lipinski definition) is 2. The fraction of sp³-hybridized carbons (Fsp3) is 0.200. The molecule has 0 saturated carbocycles. The Morgan fingerprint density at radius 1 is 1.26 bits per heavy atom. The van der Waals surface area contributed by atoms with Crippen molar-refractivity contribution in [2.24, 2.45) is 0 Å². The zero-order valence-electron chi connectivity index (χ0n) is 10.5. The molecule has 2 aromatic rings. The number of anilines is 1. The predicted octanol–water partition coefficient (Wildman–Crippen LogP) is 3.93. The molecule has 2 nitrogen and oxygen atoms in total. The number of hydrogen-bond acceptors (Lipinski definition) is 2. The van der Waals surface area contributed by atoms with Crippen LogP contribution in [0.2, 0.25) is 5.02 Å². The molecule has 100 valence electrons. The van der Waals surface area contributed by atoms with Gasteiger partial charge in [-0.15, -0.1) is 0 Å². The Morgan fingerprint density at radius 3 is 2.68 bits per heavy atom. The normalized spacial score (nSPS) is 12.2. The van der Waals surface area contributed by atoms with E-state index >= 15 is 0 Å². The van der Waals surface area contributed by atoms with Crippen molar-refractivity contribution in [2.75, 3.05) is 11.9 Å². The van der Waals surface area contributed by atoms with Gasteiger partial charge in [-0.2, -0.15) is 0 Å². The third-order valence-electron chi connectivity index (χ3n) is 2.89. The molecule has 1 unspecified atom stereocenters. The van der Waals surface area contributed by atoms with Gasteiger partial charge < -0.3 is 10.4 Å². The fourth-order valence-corrected chi connectivity index (χ4v) is 2.09. The van der Waals surface area contributed by atoms with Crippen LogP contribution < -0.4 is 5.32 Å². The van der Waals surface area contributed by atoms with Gasteiger partial charge in [-0.1, -0.05) is 29.8 Å². The van der Waals surface area contributed by atoms with Crippen LogP contribution in [-0.4, -0.2) is 11.7 Å². The highest BCUT2D eigenvalue weighted by atomic mass is 35.5. The molecule has 4 heteroatoms. The molecule has 19 heavy (non-hydrogen) atoms. The lowest BCUT2D eigenvalue weighted by atomic mass is 10.1. The molecule has 0 fully saturated rings. The van der Waals surface area contributed by atoms with Crippen molar-refractivity contribution in [3.05, 3.63) is 64.4 Å². The van der Waals surface area contributed by atoms with E-state index < -0.39 is 5.82 Å². The van der Waals surface area contributed by atoms with Crippen molar-refractivity contribution in [3.63, 3.8) is 0 Å². The molecule has 0 saturated heterocycles. The highest BCUT2D eigenvalue weighted by Crippen LogP contribution is 2.24. The van der Waals surface area contributed by atoms with Crippen molar-refractivity contribution in [1.82, 2.24) is 0 Å². The summed E-state index contributed by atoms with van der Waals surface area (Å²) in [5.74, 6) is -0.460. The minimum Gasteiger partial charge on any atom is -0.394 e. The van der Waals surface area contributed by atoms with Crippen molar-refractivity contribution >= 4 is 17.3 Å². The molecule has 0 spiro atoms. The fourth-order valence-electron chi connectivity index (χ4n) is 1.90. The van der Waals surface area contributed by atoms with Crippen molar-refractivity contribution in [3.8, 4) is 0 Å². The quantitative estimate of drug-likeness (QED) is 0.889. The average molecular weight is 280 g/mol. The summed E-state index contributed by atoms with van der Waals surface area (Å²) in [4.78, 5) is 0. The van der Waals surface area contributed by atoms with Gasteiger partial charge >= 0.3 is 0 Å². The van der Waals surface area contributed by atoms with Gasteiger partial charge in [-0.3, -0.25) is 0 Å². The smallest absolute Gasteiger partial charge is 0.141 e. The lowest BCUT2D eigenvalue weighted by Crippen LogP contribution is -2.15. The Morgan fingerprint density at radius 2 is 2.05 bits per heavy atom. The summed E-state index contributed by atoms with van der Waals surface area (Å²) in [7, 11) is 0. The summed E-state index contributed by atoms with van der Waals surface area (Å²) in [6.45, 7) is 1.89. The van der Waals surface area contributed by atoms with E-state index in [0.717, 1.165) is 16.8 Å². The summed E-state index contributed by atoms with van der Waals surface area (Å²) >= 11 is 5.76. The van der Waals surface area contributed by atoms with Crippen molar-refractivity contribution < 1.29 is 9.50 Å². The minimum absolute atomic E-state index is 0.0574. The minimum atomic E-state index is -0.460. The number of aliphatic hydroxyl groups is 1. The standard InChI is InChI=1S/C15H15ClFNO/c1-10-3-2-4-12(7-10)18-15(9-19)11-5-6-14(17)13(16)8-11/h2-8,15,18-19H,9H2,1H3. The third-order valence-corrected chi connectivity index (χ3v) is 3.18. The first-order chi connectivity index (χ1) is 9.10. The maximum Gasteiger partial charge on any atom is 0.141 e. The van der Waals surface area contributed by atoms with E-state index in [-0.39, 0.29) is 17.7 Å². The van der Waals surface area contributed by atoms with Gasteiger partial charge in [-0.25, -0.2) is 4.39 Å². The zero-order valence-corrected chi connectivity index (χ0v) is 11.3. The van der Waals surface area contributed by atoms with Crippen LogP contribution >= 0.6 is 11.6 Å². The Bertz CT molecular complexity index is 574. The predicted molar refractivity (Wildman–Crippen MR) is 76.0 cm³/mol. The molecule has 0 bridgehead atoms. The van der Waals surface area contributed by atoms with Gasteiger partial charge in [0, 0.05) is 5.69 Å². The first-order valence-electron chi connectivity index (χ1n) is 5.99. The molecule has 2 rings (SSSR count). The van der Waals surface area contributed by atoms with Crippen LogP contribution in [0.4, 0.5) is 10.1 Å². The van der Waals surface area contributed by atoms with Gasteiger partial charge in [0.1, 0.15) is 5.82 Å². The molecule has 0 amide bonds. The number of nitrogens with one attached hydrogen (secondary N) is 1. The summed E-state index contributed by atoms with van der Waals surface area (Å²) in [5, 5.41) is 12.7. The number of benzene rings is 2. The molecule has 0 aliphatic rings. The number of rotatable bonds is 4. The molecule has 0 aliphatic heterocycles. The van der Waals surface area contributed by atoms with E-state index in [1.807, 2.05) is 31.2 Å². The molecular formula is C15H15ClFNO. The second kappa shape index (κ2) is 6.04. The van der Waals surface area contributed by atoms with E-state index in [9.17, 15) is 9.50 Å². The largest absolute Gasteiger partial charge is 0.394 e. The first-order valence-corrected chi connectivity index (χ1v) is 6.37. The van der Waals surface area contributed by atoms with E-state index in [1.165, 1.54) is 12.1 Å². The van der Waals surface area contributed by atoms with E-state index in [1.54, 1.807) is 6.07 Å². The first kappa shape index (κ1) is 13.8. The van der Waals surface area contributed by atoms with Gasteiger partial charge in [0.2, 0.25) is 0 Å². The Balaban J connectivity index is 2.22. The summed E-state index contributed by atoms with van der Waals surface area (Å²) in [6, 6.07) is 12.0. The lowest BCUT2D eigenvalue weighted by molar-refractivity contribution is 0.276. The van der Waals surface area contributed by atoms with E-state index in [4.69, 9.17) is 11.6 Å². The SMILES string of the molecule is Cc1cccc(NC(CO)c2ccc(F)c(Cl)c2)c1. The van der Waals surface area contributed by atoms with Gasteiger partial charge in [0.05, 0.1) is 17.7 Å². The second-order valence-corrected chi connectivity index (χ2v) is 4.83. The molecule has 0 aromatic heterocycles. The Labute approximate surface area is 116 Å². The van der Waals surface area contributed by atoms with Crippen LogP contribution in [0, 0.1) is 12.7 Å². The van der Waals surface area contributed by atoms with Crippen LogP contribution in [0.15, 0.2) is 42.5 Å². The van der Waals surface area contributed by atoms with Crippen LogP contribution in [-0.2, 0) is 0 Å². The van der Waals surface area contributed by atoms with E-state index in [2.05, 4.69) is 5.32 Å². The molecule has 2 aromatic carbocycles. The average Bonchev–Trinajstić information content (AvgIpc) is 2.39. The summed E-state index contributed by atoms with van der Waals surface area (Å²) in [6.07, 6.45) is 0. The number of aliphatic hydroxyl groups excluding tert-OH is 1. The summed E-state index contributed by atoms with van der Waals surface area (Å²) < 4.78 is 13.1. The maximum absolute atomic E-state index is 13.1. The lowest BCUT2D eigenvalue weighted by Gasteiger charge is -2.18. The van der Waals surface area contributed by atoms with Crippen LogP contribution in [0.3, 0.4) is 0 Å². The highest BCUT2D eigenvalue weighted by molar-refractivity contribution is 6.30. The monoisotopic (exact) mass is 279 g/mol. The molecule has 0 heterocycles. The number of aryl methyl sites for hydroxylation is 1. The Hall–Kier alpha value is -1.58. The van der Waals surface area contributed by atoms with Crippen molar-refractivity contribution in [1.29, 1.82) is 0 Å². The van der Waals surface area contributed by atoms with Crippen LogP contribution in [0.25, 0.3) is 0 Å². The third kappa shape index (κ3) is 3.46. The van der Waals surface area contributed by atoms with E-state index in [0.29, 0.717) is 0 Å². The van der Waals surface area contributed by atoms with Crippen LogP contribution in [0.5, 0.6) is 0 Å².